The van der Waals surface area contributed by atoms with Crippen molar-refractivity contribution in [3.8, 4) is 5.75 Å². The van der Waals surface area contributed by atoms with Gasteiger partial charge in [0.05, 0.1) is 5.56 Å². The van der Waals surface area contributed by atoms with Gasteiger partial charge < -0.3 is 24.5 Å². The molecular formula is C27H24N2O6. The molecule has 8 nitrogen and oxygen atoms in total. The van der Waals surface area contributed by atoms with Gasteiger partial charge in [0, 0.05) is 23.7 Å². The van der Waals surface area contributed by atoms with Crippen LogP contribution in [0.25, 0.3) is 11.0 Å². The average Bonchev–Trinajstić information content (AvgIpc) is 3.23. The first-order valence-corrected chi connectivity index (χ1v) is 11.0. The van der Waals surface area contributed by atoms with Crippen molar-refractivity contribution in [1.29, 1.82) is 0 Å². The predicted molar refractivity (Wildman–Crippen MR) is 131 cm³/mol. The van der Waals surface area contributed by atoms with Crippen LogP contribution in [0.2, 0.25) is 0 Å². The molecule has 1 heterocycles. The lowest BCUT2D eigenvalue weighted by molar-refractivity contribution is -0.123. The zero-order valence-corrected chi connectivity index (χ0v) is 19.2. The molecule has 1 unspecified atom stereocenters. The Morgan fingerprint density at radius 3 is 2.17 bits per heavy atom. The summed E-state index contributed by atoms with van der Waals surface area (Å²) >= 11 is 0. The summed E-state index contributed by atoms with van der Waals surface area (Å²) in [7, 11) is 0. The molecule has 178 valence electrons. The average molecular weight is 472 g/mol. The molecule has 0 saturated carbocycles. The standard InChI is InChI=1S/C27H24N2O6/c1-17(26(31)29-20-14-12-19(13-15-20)28-18(2)30)34-27(32)25-23(16-33-21-8-4-3-5-9-21)22-10-6-7-11-24(22)35-25/h3-15,17H,16H2,1-2H3,(H,28,30)(H,29,31). The maximum Gasteiger partial charge on any atom is 0.375 e. The molecular weight excluding hydrogens is 448 g/mol. The number of anilines is 2. The van der Waals surface area contributed by atoms with Gasteiger partial charge in [0.25, 0.3) is 5.91 Å². The zero-order valence-electron chi connectivity index (χ0n) is 19.2. The van der Waals surface area contributed by atoms with E-state index in [4.69, 9.17) is 13.9 Å². The lowest BCUT2D eigenvalue weighted by atomic mass is 10.1. The lowest BCUT2D eigenvalue weighted by Crippen LogP contribution is -2.30. The molecule has 0 bridgehead atoms. The van der Waals surface area contributed by atoms with Crippen molar-refractivity contribution in [3.63, 3.8) is 0 Å². The molecule has 2 amide bonds. The molecule has 8 heteroatoms. The SMILES string of the molecule is CC(=O)Nc1ccc(NC(=O)C(C)OC(=O)c2oc3ccccc3c2COc2ccccc2)cc1. The first kappa shape index (κ1) is 23.6. The molecule has 35 heavy (non-hydrogen) atoms. The number of hydrogen-bond donors (Lipinski definition) is 2. The minimum absolute atomic E-state index is 0.0126. The van der Waals surface area contributed by atoms with Crippen LogP contribution in [-0.2, 0) is 20.9 Å². The van der Waals surface area contributed by atoms with E-state index in [0.717, 1.165) is 5.39 Å². The quantitative estimate of drug-likeness (QED) is 0.343. The number of furan rings is 1. The number of nitrogens with one attached hydrogen (secondary N) is 2. The van der Waals surface area contributed by atoms with Crippen molar-refractivity contribution in [2.75, 3.05) is 10.6 Å². The number of carbonyl (C=O) groups is 3. The molecule has 0 aliphatic rings. The van der Waals surface area contributed by atoms with Crippen molar-refractivity contribution < 1.29 is 28.3 Å². The number of rotatable bonds is 8. The van der Waals surface area contributed by atoms with Gasteiger partial charge in [-0.1, -0.05) is 36.4 Å². The Morgan fingerprint density at radius 1 is 0.857 bits per heavy atom. The van der Waals surface area contributed by atoms with Gasteiger partial charge in [0.2, 0.25) is 11.7 Å². The third-order valence-corrected chi connectivity index (χ3v) is 5.14. The van der Waals surface area contributed by atoms with E-state index >= 15 is 0 Å². The molecule has 4 aromatic rings. The molecule has 0 saturated heterocycles. The highest BCUT2D eigenvalue weighted by molar-refractivity contribution is 5.99. The Bertz CT molecular complexity index is 1350. The maximum atomic E-state index is 13.0. The van der Waals surface area contributed by atoms with Gasteiger partial charge in [-0.25, -0.2) is 4.79 Å². The molecule has 3 aromatic carbocycles. The Hall–Kier alpha value is -4.59. The summed E-state index contributed by atoms with van der Waals surface area (Å²) in [4.78, 5) is 36.7. The summed E-state index contributed by atoms with van der Waals surface area (Å²) in [5, 5.41) is 6.06. The van der Waals surface area contributed by atoms with Crippen molar-refractivity contribution in [2.24, 2.45) is 0 Å². The molecule has 0 radical (unpaired) electrons. The van der Waals surface area contributed by atoms with E-state index in [-0.39, 0.29) is 18.3 Å². The van der Waals surface area contributed by atoms with Gasteiger partial charge in [-0.3, -0.25) is 9.59 Å². The Kier molecular flexibility index (Phi) is 7.11. The fourth-order valence-electron chi connectivity index (χ4n) is 3.43. The van der Waals surface area contributed by atoms with E-state index in [9.17, 15) is 14.4 Å². The van der Waals surface area contributed by atoms with Gasteiger partial charge in [0.1, 0.15) is 17.9 Å². The predicted octanol–water partition coefficient (Wildman–Crippen LogP) is 5.15. The first-order chi connectivity index (χ1) is 16.9. The Labute approximate surface area is 201 Å². The highest BCUT2D eigenvalue weighted by Crippen LogP contribution is 2.28. The van der Waals surface area contributed by atoms with Crippen LogP contribution in [0.4, 0.5) is 11.4 Å². The van der Waals surface area contributed by atoms with E-state index in [1.165, 1.54) is 13.8 Å². The third kappa shape index (κ3) is 5.86. The number of esters is 1. The largest absolute Gasteiger partial charge is 0.489 e. The van der Waals surface area contributed by atoms with E-state index in [0.29, 0.717) is 28.3 Å². The Balaban J connectivity index is 1.45. The van der Waals surface area contributed by atoms with Gasteiger partial charge in [-0.05, 0) is 49.4 Å². The fraction of sp³-hybridized carbons (Fsp3) is 0.148. The van der Waals surface area contributed by atoms with Crippen LogP contribution in [0.15, 0.2) is 83.3 Å². The molecule has 0 aliphatic heterocycles. The summed E-state index contributed by atoms with van der Waals surface area (Å²) < 4.78 is 17.0. The molecule has 1 atom stereocenters. The van der Waals surface area contributed by atoms with Gasteiger partial charge in [0.15, 0.2) is 6.10 Å². The second kappa shape index (κ2) is 10.6. The van der Waals surface area contributed by atoms with E-state index in [2.05, 4.69) is 10.6 Å². The number of carbonyl (C=O) groups excluding carboxylic acids is 3. The number of benzene rings is 3. The molecule has 2 N–H and O–H groups in total. The maximum absolute atomic E-state index is 13.0. The van der Waals surface area contributed by atoms with Crippen molar-refractivity contribution in [3.05, 3.63) is 90.2 Å². The Morgan fingerprint density at radius 2 is 1.49 bits per heavy atom. The van der Waals surface area contributed by atoms with Crippen molar-refractivity contribution in [1.82, 2.24) is 0 Å². The van der Waals surface area contributed by atoms with Crippen LogP contribution < -0.4 is 15.4 Å². The van der Waals surface area contributed by atoms with Crippen molar-refractivity contribution >= 4 is 40.1 Å². The lowest BCUT2D eigenvalue weighted by Gasteiger charge is -2.14. The zero-order chi connectivity index (χ0) is 24.8. The monoisotopic (exact) mass is 472 g/mol. The summed E-state index contributed by atoms with van der Waals surface area (Å²) in [6.45, 7) is 2.97. The van der Waals surface area contributed by atoms with Crippen LogP contribution in [0.1, 0.15) is 30.0 Å². The summed E-state index contributed by atoms with van der Waals surface area (Å²) in [6, 6.07) is 23.0. The van der Waals surface area contributed by atoms with Gasteiger partial charge in [-0.2, -0.15) is 0 Å². The summed E-state index contributed by atoms with van der Waals surface area (Å²) in [5.74, 6) is -0.836. The summed E-state index contributed by atoms with van der Waals surface area (Å²) in [6.07, 6.45) is -1.09. The van der Waals surface area contributed by atoms with Crippen LogP contribution in [-0.4, -0.2) is 23.9 Å². The minimum atomic E-state index is -1.09. The van der Waals surface area contributed by atoms with Crippen LogP contribution in [0.3, 0.4) is 0 Å². The van der Waals surface area contributed by atoms with Gasteiger partial charge >= 0.3 is 5.97 Å². The van der Waals surface area contributed by atoms with Crippen LogP contribution in [0, 0.1) is 0 Å². The van der Waals surface area contributed by atoms with Crippen LogP contribution in [0.5, 0.6) is 5.75 Å². The highest BCUT2D eigenvalue weighted by atomic mass is 16.6. The normalized spacial score (nSPS) is 11.5. The number of hydrogen-bond acceptors (Lipinski definition) is 6. The highest BCUT2D eigenvalue weighted by Gasteiger charge is 2.26. The second-order valence-electron chi connectivity index (χ2n) is 7.80. The van der Waals surface area contributed by atoms with E-state index in [1.54, 1.807) is 36.4 Å². The number of para-hydroxylation sites is 2. The summed E-state index contributed by atoms with van der Waals surface area (Å²) in [5.41, 5.74) is 2.15. The fourth-order valence-corrected chi connectivity index (χ4v) is 3.43. The minimum Gasteiger partial charge on any atom is -0.489 e. The molecule has 0 fully saturated rings. The number of ether oxygens (including phenoxy) is 2. The van der Waals surface area contributed by atoms with E-state index in [1.807, 2.05) is 42.5 Å². The third-order valence-electron chi connectivity index (χ3n) is 5.14. The van der Waals surface area contributed by atoms with E-state index < -0.39 is 18.0 Å². The van der Waals surface area contributed by atoms with Crippen LogP contribution >= 0.6 is 0 Å². The molecule has 0 aliphatic carbocycles. The number of amides is 2. The topological polar surface area (TPSA) is 107 Å². The van der Waals surface area contributed by atoms with Crippen molar-refractivity contribution in [2.45, 2.75) is 26.6 Å². The molecule has 1 aromatic heterocycles. The van der Waals surface area contributed by atoms with Gasteiger partial charge in [-0.15, -0.1) is 0 Å². The molecule has 0 spiro atoms. The molecule has 4 rings (SSSR count). The second-order valence-corrected chi connectivity index (χ2v) is 7.80. The number of fused-ring (bicyclic) bond motifs is 1. The smallest absolute Gasteiger partial charge is 0.375 e. The first-order valence-electron chi connectivity index (χ1n) is 11.0.